The normalized spacial score (nSPS) is 18.5. The van der Waals surface area contributed by atoms with Crippen molar-refractivity contribution in [3.8, 4) is 0 Å². The highest BCUT2D eigenvalue weighted by Crippen LogP contribution is 2.38. The second-order valence-electron chi connectivity index (χ2n) is 9.93. The van der Waals surface area contributed by atoms with Gasteiger partial charge in [0, 0.05) is 37.3 Å². The number of benzene rings is 1. The Morgan fingerprint density at radius 2 is 1.89 bits per heavy atom. The lowest BCUT2D eigenvalue weighted by atomic mass is 9.87. The summed E-state index contributed by atoms with van der Waals surface area (Å²) >= 11 is 0. The maximum absolute atomic E-state index is 13.5. The van der Waals surface area contributed by atoms with Crippen molar-refractivity contribution < 1.29 is 22.7 Å². The van der Waals surface area contributed by atoms with Crippen LogP contribution in [0.5, 0.6) is 0 Å². The fourth-order valence-corrected chi connectivity index (χ4v) is 4.71. The maximum atomic E-state index is 13.5. The summed E-state index contributed by atoms with van der Waals surface area (Å²) in [6.45, 7) is 6.47. The smallest absolute Gasteiger partial charge is 0.249 e. The number of anilines is 3. The van der Waals surface area contributed by atoms with Gasteiger partial charge in [-0.2, -0.15) is 10.1 Å². The van der Waals surface area contributed by atoms with Crippen molar-refractivity contribution in [1.82, 2.24) is 19.7 Å². The molecule has 1 N–H and O–H groups in total. The number of halogens is 3. The number of amides is 1. The number of carbonyl (C=O) groups excluding carboxylic acids is 1. The number of nitrogens with zero attached hydrogens (tertiary/aromatic N) is 6. The van der Waals surface area contributed by atoms with Crippen molar-refractivity contribution in [3.63, 3.8) is 0 Å². The predicted octanol–water partition coefficient (Wildman–Crippen LogP) is 3.35. The van der Waals surface area contributed by atoms with Crippen LogP contribution in [-0.2, 0) is 22.6 Å². The van der Waals surface area contributed by atoms with Crippen molar-refractivity contribution in [2.75, 3.05) is 41.9 Å². The summed E-state index contributed by atoms with van der Waals surface area (Å²) in [6.07, 6.45) is 5.62. The highest BCUT2D eigenvalue weighted by Gasteiger charge is 2.43. The van der Waals surface area contributed by atoms with Crippen molar-refractivity contribution in [3.05, 3.63) is 59.3 Å². The number of hydrogen-bond donors (Lipinski definition) is 1. The van der Waals surface area contributed by atoms with E-state index in [-0.39, 0.29) is 29.5 Å². The van der Waals surface area contributed by atoms with Crippen LogP contribution in [0.25, 0.3) is 0 Å². The summed E-state index contributed by atoms with van der Waals surface area (Å²) < 4.78 is 47.2. The summed E-state index contributed by atoms with van der Waals surface area (Å²) in [5.41, 5.74) is 1.64. The van der Waals surface area contributed by atoms with E-state index in [1.54, 1.807) is 30.5 Å². The Morgan fingerprint density at radius 1 is 1.16 bits per heavy atom. The molecule has 2 aliphatic rings. The summed E-state index contributed by atoms with van der Waals surface area (Å²) in [6, 6.07) is 1.58. The molecule has 0 radical (unpaired) electrons. The van der Waals surface area contributed by atoms with Crippen LogP contribution in [0.3, 0.4) is 0 Å². The summed E-state index contributed by atoms with van der Waals surface area (Å²) in [5.74, 6) is -2.87. The lowest BCUT2D eigenvalue weighted by Gasteiger charge is -2.47. The van der Waals surface area contributed by atoms with Gasteiger partial charge in [0.15, 0.2) is 23.3 Å². The minimum atomic E-state index is -1.49. The van der Waals surface area contributed by atoms with Gasteiger partial charge in [0.05, 0.1) is 32.2 Å². The molecule has 3 aromatic rings. The monoisotopic (exact) mass is 515 g/mol. The first-order valence-corrected chi connectivity index (χ1v) is 12.0. The molecular formula is C25H28F3N7O2. The van der Waals surface area contributed by atoms with Crippen LogP contribution in [-0.4, -0.2) is 58.5 Å². The largest absolute Gasteiger partial charge is 0.380 e. The van der Waals surface area contributed by atoms with Crippen LogP contribution in [0, 0.1) is 22.9 Å². The molecule has 1 aromatic carbocycles. The molecule has 0 bridgehead atoms. The SMILES string of the molecule is CC[C@@H]1C(=O)N(C)c2cnc(NCc3cnn(Cc4cc(F)c(F)c(F)c4)c3)nc2N1CC1(C)COC1. The van der Waals surface area contributed by atoms with Crippen molar-refractivity contribution in [1.29, 1.82) is 0 Å². The van der Waals surface area contributed by atoms with E-state index < -0.39 is 17.5 Å². The molecule has 0 aliphatic carbocycles. The number of ether oxygens (including phenoxy) is 1. The van der Waals surface area contributed by atoms with Crippen molar-refractivity contribution in [2.24, 2.45) is 5.41 Å². The van der Waals surface area contributed by atoms with Gasteiger partial charge in [-0.05, 0) is 24.1 Å². The van der Waals surface area contributed by atoms with Gasteiger partial charge in [-0.3, -0.25) is 9.48 Å². The average Bonchev–Trinajstić information content (AvgIpc) is 3.30. The molecule has 0 spiro atoms. The quantitative estimate of drug-likeness (QED) is 0.461. The molecule has 1 amide bonds. The highest BCUT2D eigenvalue weighted by molar-refractivity contribution is 6.04. The lowest BCUT2D eigenvalue weighted by molar-refractivity contribution is -0.121. The van der Waals surface area contributed by atoms with Gasteiger partial charge in [-0.15, -0.1) is 0 Å². The molecule has 12 heteroatoms. The van der Waals surface area contributed by atoms with Crippen LogP contribution in [0.4, 0.5) is 30.6 Å². The lowest BCUT2D eigenvalue weighted by Crippen LogP contribution is -2.58. The fraction of sp³-hybridized carbons (Fsp3) is 0.440. The molecule has 196 valence electrons. The molecule has 2 aromatic heterocycles. The number of rotatable bonds is 8. The number of aromatic nitrogens is 4. The van der Waals surface area contributed by atoms with E-state index in [2.05, 4.69) is 27.2 Å². The van der Waals surface area contributed by atoms with Crippen molar-refractivity contribution in [2.45, 2.75) is 39.4 Å². The van der Waals surface area contributed by atoms with Crippen LogP contribution < -0.4 is 15.1 Å². The summed E-state index contributed by atoms with van der Waals surface area (Å²) in [4.78, 5) is 25.8. The standard InChI is InChI=1S/C25H28F3N7O2/c1-4-19-23(36)33(3)20-9-30-24(32-22(20)35(19)12-25(2)13-37-14-25)29-7-16-8-31-34(11-16)10-15-5-17(26)21(28)18(27)6-15/h5-6,8-9,11,19H,4,7,10,12-14H2,1-3H3,(H,29,30,32)/t19-/m1/s1. The van der Waals surface area contributed by atoms with Crippen LogP contribution in [0.2, 0.25) is 0 Å². The van der Waals surface area contributed by atoms with Gasteiger partial charge in [0.2, 0.25) is 11.9 Å². The maximum Gasteiger partial charge on any atom is 0.249 e. The van der Waals surface area contributed by atoms with Crippen molar-refractivity contribution >= 4 is 23.4 Å². The van der Waals surface area contributed by atoms with E-state index in [1.807, 2.05) is 6.92 Å². The Kier molecular flexibility index (Phi) is 6.52. The second kappa shape index (κ2) is 9.66. The molecule has 1 saturated heterocycles. The number of fused-ring (bicyclic) bond motifs is 1. The van der Waals surface area contributed by atoms with E-state index in [9.17, 15) is 18.0 Å². The van der Waals surface area contributed by atoms with E-state index in [0.29, 0.717) is 50.2 Å². The van der Waals surface area contributed by atoms with Crippen LogP contribution in [0.1, 0.15) is 31.4 Å². The Balaban J connectivity index is 1.31. The number of nitrogens with one attached hydrogen (secondary N) is 1. The Hall–Kier alpha value is -3.67. The molecule has 1 fully saturated rings. The first-order valence-electron chi connectivity index (χ1n) is 12.0. The van der Waals surface area contributed by atoms with Gasteiger partial charge >= 0.3 is 0 Å². The van der Waals surface area contributed by atoms with Crippen LogP contribution >= 0.6 is 0 Å². The third-order valence-electron chi connectivity index (χ3n) is 6.74. The fourth-order valence-electron chi connectivity index (χ4n) is 4.71. The van der Waals surface area contributed by atoms with E-state index in [1.165, 1.54) is 4.68 Å². The molecule has 1 atom stereocenters. The molecule has 0 saturated carbocycles. The van der Waals surface area contributed by atoms with E-state index in [4.69, 9.17) is 9.72 Å². The number of likely N-dealkylation sites (N-methyl/N-ethyl adjacent to an activating group) is 1. The topological polar surface area (TPSA) is 88.4 Å². The predicted molar refractivity (Wildman–Crippen MR) is 131 cm³/mol. The minimum Gasteiger partial charge on any atom is -0.380 e. The molecule has 0 unspecified atom stereocenters. The van der Waals surface area contributed by atoms with Gasteiger partial charge in [0.1, 0.15) is 11.7 Å². The summed E-state index contributed by atoms with van der Waals surface area (Å²) in [7, 11) is 1.74. The Labute approximate surface area is 212 Å². The first kappa shape index (κ1) is 25.0. The highest BCUT2D eigenvalue weighted by atomic mass is 19.2. The third kappa shape index (κ3) is 4.85. The minimum absolute atomic E-state index is 0.0106. The molecule has 9 nitrogen and oxygen atoms in total. The molecule has 2 aliphatic heterocycles. The molecule has 37 heavy (non-hydrogen) atoms. The van der Waals surface area contributed by atoms with Gasteiger partial charge < -0.3 is 19.9 Å². The van der Waals surface area contributed by atoms with Gasteiger partial charge in [0.25, 0.3) is 0 Å². The zero-order valence-corrected chi connectivity index (χ0v) is 20.8. The van der Waals surface area contributed by atoms with E-state index in [0.717, 1.165) is 17.7 Å². The van der Waals surface area contributed by atoms with E-state index >= 15 is 0 Å². The Bertz CT molecular complexity index is 1300. The average molecular weight is 516 g/mol. The van der Waals surface area contributed by atoms with Gasteiger partial charge in [-0.25, -0.2) is 18.2 Å². The summed E-state index contributed by atoms with van der Waals surface area (Å²) in [5, 5.41) is 7.40. The molecular weight excluding hydrogens is 487 g/mol. The molecule has 5 rings (SSSR count). The number of hydrogen-bond acceptors (Lipinski definition) is 7. The number of carbonyl (C=O) groups is 1. The Morgan fingerprint density at radius 3 is 2.54 bits per heavy atom. The first-order chi connectivity index (χ1) is 17.7. The van der Waals surface area contributed by atoms with Crippen LogP contribution in [0.15, 0.2) is 30.7 Å². The second-order valence-corrected chi connectivity index (χ2v) is 9.93. The van der Waals surface area contributed by atoms with Gasteiger partial charge in [-0.1, -0.05) is 13.8 Å². The third-order valence-corrected chi connectivity index (χ3v) is 6.74. The molecule has 4 heterocycles. The zero-order chi connectivity index (χ0) is 26.3. The zero-order valence-electron chi connectivity index (χ0n) is 20.8.